The number of benzene rings is 2. The number of urea groups is 1. The van der Waals surface area contributed by atoms with Gasteiger partial charge in [-0.25, -0.2) is 18.6 Å². The van der Waals surface area contributed by atoms with Crippen molar-refractivity contribution in [2.24, 2.45) is 0 Å². The summed E-state index contributed by atoms with van der Waals surface area (Å²) < 4.78 is 32.7. The molecule has 1 aromatic heterocycles. The van der Waals surface area contributed by atoms with E-state index in [4.69, 9.17) is 4.74 Å². The Kier molecular flexibility index (Phi) is 9.93. The van der Waals surface area contributed by atoms with Gasteiger partial charge in [-0.1, -0.05) is 55.0 Å². The predicted octanol–water partition coefficient (Wildman–Crippen LogP) is 6.22. The standard InChI is InChI=1S/C29H30F2N4O3S/c1-6-19-9-12-23(33-26(36)25-17-22(29(3,30)31)11-8-20(25)7-2)16-21(19)10-13-24-18-32-27(39-24)34-28(37)35(4)14-15-38-5/h7-9,11-12,16-18H,2,6,14-15H2,1,3-5H3,(H,33,36)(H,32,34,37). The SMILES string of the molecule is C=Cc1ccc(C(C)(F)F)cc1C(=O)Nc1ccc(CC)c(C#Cc2cnc(NC(=O)N(C)CCOC)s2)c1. The number of nitrogens with one attached hydrogen (secondary N) is 2. The van der Waals surface area contributed by atoms with E-state index in [1.54, 1.807) is 32.5 Å². The molecule has 3 aromatic rings. The molecule has 0 atom stereocenters. The Bertz CT molecular complexity index is 1420. The topological polar surface area (TPSA) is 83.6 Å². The highest BCUT2D eigenvalue weighted by molar-refractivity contribution is 7.16. The maximum atomic E-state index is 13.9. The zero-order valence-corrected chi connectivity index (χ0v) is 23.0. The molecule has 0 aliphatic heterocycles. The Labute approximate surface area is 230 Å². The second kappa shape index (κ2) is 13.1. The summed E-state index contributed by atoms with van der Waals surface area (Å²) in [7, 11) is 3.23. The van der Waals surface area contributed by atoms with Crippen LogP contribution in [0.25, 0.3) is 6.08 Å². The van der Waals surface area contributed by atoms with Gasteiger partial charge in [0.1, 0.15) is 0 Å². The zero-order chi connectivity index (χ0) is 28.6. The van der Waals surface area contributed by atoms with Crippen molar-refractivity contribution in [3.05, 3.63) is 81.9 Å². The third-order valence-electron chi connectivity index (χ3n) is 5.79. The summed E-state index contributed by atoms with van der Waals surface area (Å²) in [6, 6.07) is 8.97. The van der Waals surface area contributed by atoms with Crippen LogP contribution in [0.1, 0.15) is 51.3 Å². The van der Waals surface area contributed by atoms with E-state index in [0.717, 1.165) is 12.5 Å². The van der Waals surface area contributed by atoms with Gasteiger partial charge in [0.05, 0.1) is 17.7 Å². The molecule has 7 nitrogen and oxygen atoms in total. The number of hydrogen-bond acceptors (Lipinski definition) is 5. The number of likely N-dealkylation sites (N-methyl/N-ethyl adjacent to an activating group) is 1. The predicted molar refractivity (Wildman–Crippen MR) is 151 cm³/mol. The number of thiazole rings is 1. The lowest BCUT2D eigenvalue weighted by Gasteiger charge is -2.15. The van der Waals surface area contributed by atoms with E-state index in [1.165, 1.54) is 40.5 Å². The Morgan fingerprint density at radius 2 is 1.97 bits per heavy atom. The second-order valence-electron chi connectivity index (χ2n) is 8.70. The lowest BCUT2D eigenvalue weighted by molar-refractivity contribution is 0.0174. The molecular weight excluding hydrogens is 522 g/mol. The number of hydrogen-bond donors (Lipinski definition) is 2. The monoisotopic (exact) mass is 552 g/mol. The summed E-state index contributed by atoms with van der Waals surface area (Å²) in [5, 5.41) is 5.93. The van der Waals surface area contributed by atoms with Crippen molar-refractivity contribution in [1.82, 2.24) is 9.88 Å². The first-order valence-electron chi connectivity index (χ1n) is 12.1. The van der Waals surface area contributed by atoms with Crippen LogP contribution in [0.15, 0.2) is 49.2 Å². The molecule has 0 saturated carbocycles. The molecule has 0 spiro atoms. The van der Waals surface area contributed by atoms with E-state index in [-0.39, 0.29) is 17.2 Å². The van der Waals surface area contributed by atoms with E-state index in [1.807, 2.05) is 13.0 Å². The van der Waals surface area contributed by atoms with Crippen molar-refractivity contribution in [2.45, 2.75) is 26.2 Å². The molecule has 1 heterocycles. The summed E-state index contributed by atoms with van der Waals surface area (Å²) in [5.41, 5.74) is 2.44. The van der Waals surface area contributed by atoms with E-state index in [2.05, 4.69) is 34.0 Å². The van der Waals surface area contributed by atoms with Crippen LogP contribution in [-0.4, -0.2) is 49.1 Å². The van der Waals surface area contributed by atoms with Crippen LogP contribution < -0.4 is 10.6 Å². The highest BCUT2D eigenvalue weighted by Gasteiger charge is 2.26. The molecule has 0 fully saturated rings. The first kappa shape index (κ1) is 29.5. The van der Waals surface area contributed by atoms with Gasteiger partial charge in [-0.2, -0.15) is 0 Å². The number of ether oxygens (including phenoxy) is 1. The van der Waals surface area contributed by atoms with Crippen LogP contribution in [0.5, 0.6) is 0 Å². The number of carbonyl (C=O) groups is 2. The molecule has 39 heavy (non-hydrogen) atoms. The maximum Gasteiger partial charge on any atom is 0.323 e. The Morgan fingerprint density at radius 3 is 2.64 bits per heavy atom. The van der Waals surface area contributed by atoms with Gasteiger partial charge in [0.2, 0.25) is 0 Å². The molecule has 2 N–H and O–H groups in total. The van der Waals surface area contributed by atoms with Crippen molar-refractivity contribution < 1.29 is 23.1 Å². The fourth-order valence-electron chi connectivity index (χ4n) is 3.52. The molecule has 0 unspecified atom stereocenters. The molecule has 0 radical (unpaired) electrons. The number of amides is 3. The fourth-order valence-corrected chi connectivity index (χ4v) is 4.18. The van der Waals surface area contributed by atoms with Gasteiger partial charge in [-0.15, -0.1) is 0 Å². The highest BCUT2D eigenvalue weighted by Crippen LogP contribution is 2.29. The second-order valence-corrected chi connectivity index (χ2v) is 9.73. The molecule has 0 saturated heterocycles. The molecule has 10 heteroatoms. The van der Waals surface area contributed by atoms with E-state index in [0.29, 0.717) is 46.4 Å². The number of carbonyl (C=O) groups excluding carboxylic acids is 2. The van der Waals surface area contributed by atoms with Crippen LogP contribution >= 0.6 is 11.3 Å². The van der Waals surface area contributed by atoms with Crippen molar-refractivity contribution in [3.63, 3.8) is 0 Å². The molecule has 0 bridgehead atoms. The van der Waals surface area contributed by atoms with Crippen molar-refractivity contribution >= 4 is 40.2 Å². The third kappa shape index (κ3) is 7.96. The number of aromatic nitrogens is 1. The molecular formula is C29H30F2N4O3S. The molecule has 0 aliphatic carbocycles. The molecule has 3 amide bonds. The quantitative estimate of drug-likeness (QED) is 0.309. The van der Waals surface area contributed by atoms with Crippen molar-refractivity contribution in [1.29, 1.82) is 0 Å². The summed E-state index contributed by atoms with van der Waals surface area (Å²) in [4.78, 5) is 31.6. The van der Waals surface area contributed by atoms with Crippen LogP contribution in [0.3, 0.4) is 0 Å². The summed E-state index contributed by atoms with van der Waals surface area (Å²) in [5.74, 6) is 2.56. The van der Waals surface area contributed by atoms with E-state index in [9.17, 15) is 18.4 Å². The molecule has 0 aliphatic rings. The molecule has 3 rings (SSSR count). The Morgan fingerprint density at radius 1 is 1.21 bits per heavy atom. The number of aryl methyl sites for hydroxylation is 1. The fraction of sp³-hybridized carbons (Fsp3) is 0.276. The van der Waals surface area contributed by atoms with Gasteiger partial charge in [0, 0.05) is 50.0 Å². The van der Waals surface area contributed by atoms with Gasteiger partial charge in [0.15, 0.2) is 5.13 Å². The lowest BCUT2D eigenvalue weighted by atomic mass is 10.00. The number of alkyl halides is 2. The molecule has 204 valence electrons. The number of methoxy groups -OCH3 is 1. The van der Waals surface area contributed by atoms with Crippen molar-refractivity contribution in [3.8, 4) is 11.8 Å². The van der Waals surface area contributed by atoms with Gasteiger partial charge in [-0.05, 0) is 41.7 Å². The minimum absolute atomic E-state index is 0.100. The minimum Gasteiger partial charge on any atom is -0.383 e. The summed E-state index contributed by atoms with van der Waals surface area (Å²) >= 11 is 1.24. The van der Waals surface area contributed by atoms with Crippen LogP contribution in [0, 0.1) is 11.8 Å². The largest absolute Gasteiger partial charge is 0.383 e. The van der Waals surface area contributed by atoms with E-state index >= 15 is 0 Å². The van der Waals surface area contributed by atoms with Gasteiger partial charge in [-0.3, -0.25) is 10.1 Å². The van der Waals surface area contributed by atoms with Gasteiger partial charge in [0.25, 0.3) is 11.8 Å². The average molecular weight is 553 g/mol. The highest BCUT2D eigenvalue weighted by atomic mass is 32.1. The number of rotatable bonds is 9. The Balaban J connectivity index is 1.79. The maximum absolute atomic E-state index is 13.9. The first-order chi connectivity index (χ1) is 18.5. The molecule has 2 aromatic carbocycles. The lowest BCUT2D eigenvalue weighted by Crippen LogP contribution is -2.33. The smallest absolute Gasteiger partial charge is 0.323 e. The average Bonchev–Trinajstić information content (AvgIpc) is 3.36. The summed E-state index contributed by atoms with van der Waals surface area (Å²) in [6.07, 6.45) is 3.74. The zero-order valence-electron chi connectivity index (χ0n) is 22.2. The van der Waals surface area contributed by atoms with Gasteiger partial charge < -0.3 is 15.0 Å². The van der Waals surface area contributed by atoms with Crippen LogP contribution in [-0.2, 0) is 17.1 Å². The number of nitrogens with zero attached hydrogens (tertiary/aromatic N) is 2. The first-order valence-corrected chi connectivity index (χ1v) is 12.9. The number of anilines is 2. The Hall–Kier alpha value is -4.07. The van der Waals surface area contributed by atoms with Crippen molar-refractivity contribution in [2.75, 3.05) is 37.9 Å². The van der Waals surface area contributed by atoms with E-state index < -0.39 is 11.8 Å². The van der Waals surface area contributed by atoms with Crippen LogP contribution in [0.2, 0.25) is 0 Å². The van der Waals surface area contributed by atoms with Gasteiger partial charge >= 0.3 is 6.03 Å². The van der Waals surface area contributed by atoms with Crippen LogP contribution in [0.4, 0.5) is 24.4 Å². The third-order valence-corrected chi connectivity index (χ3v) is 6.62. The summed E-state index contributed by atoms with van der Waals surface area (Å²) in [6.45, 7) is 7.33. The normalized spacial score (nSPS) is 10.8. The number of halogens is 2. The minimum atomic E-state index is -3.08.